The molecule has 0 radical (unpaired) electrons. The molecule has 30 heavy (non-hydrogen) atoms. The Kier molecular flexibility index (Phi) is 7.16. The van der Waals surface area contributed by atoms with Crippen LogP contribution >= 0.6 is 11.6 Å². The number of hydrogen-bond acceptors (Lipinski definition) is 4. The van der Waals surface area contributed by atoms with Crippen molar-refractivity contribution in [2.24, 2.45) is 17.8 Å². The first kappa shape index (κ1) is 22.3. The quantitative estimate of drug-likeness (QED) is 0.360. The van der Waals surface area contributed by atoms with Crippen molar-refractivity contribution in [1.82, 2.24) is 0 Å². The first-order valence-corrected chi connectivity index (χ1v) is 10.7. The van der Waals surface area contributed by atoms with Gasteiger partial charge in [0.15, 0.2) is 0 Å². The molecule has 1 N–H and O–H groups in total. The van der Waals surface area contributed by atoms with Gasteiger partial charge in [0.2, 0.25) is 0 Å². The number of benzene rings is 2. The first-order chi connectivity index (χ1) is 14.3. The monoisotopic (exact) mass is 429 g/mol. The van der Waals surface area contributed by atoms with Crippen LogP contribution in [0.15, 0.2) is 48.5 Å². The zero-order valence-electron chi connectivity index (χ0n) is 17.5. The molecule has 3 rings (SSSR count). The van der Waals surface area contributed by atoms with Gasteiger partial charge in [0.1, 0.15) is 6.10 Å². The molecule has 1 saturated carbocycles. The molecular formula is C24H28ClNO4. The van der Waals surface area contributed by atoms with Gasteiger partial charge in [-0.1, -0.05) is 57.0 Å². The van der Waals surface area contributed by atoms with E-state index in [1.54, 1.807) is 36.4 Å². The summed E-state index contributed by atoms with van der Waals surface area (Å²) in [6.45, 7) is 6.48. The highest BCUT2D eigenvalue weighted by Gasteiger charge is 2.33. The van der Waals surface area contributed by atoms with Gasteiger partial charge in [-0.2, -0.15) is 5.06 Å². The first-order valence-electron chi connectivity index (χ1n) is 10.4. The van der Waals surface area contributed by atoms with Gasteiger partial charge in [-0.3, -0.25) is 10.0 Å². The maximum absolute atomic E-state index is 12.9. The normalized spacial score (nSPS) is 21.3. The molecule has 0 spiro atoms. The highest BCUT2D eigenvalue weighted by atomic mass is 35.5. The van der Waals surface area contributed by atoms with Crippen LogP contribution in [0.2, 0.25) is 5.02 Å². The molecule has 6 heteroatoms. The third-order valence-electron chi connectivity index (χ3n) is 5.84. The predicted octanol–water partition coefficient (Wildman–Crippen LogP) is 5.99. The molecule has 0 heterocycles. The van der Waals surface area contributed by atoms with Crippen molar-refractivity contribution in [3.05, 3.63) is 64.7 Å². The molecule has 0 aromatic heterocycles. The summed E-state index contributed by atoms with van der Waals surface area (Å²) in [6.07, 6.45) is 2.88. The third kappa shape index (κ3) is 5.02. The Bertz CT molecular complexity index is 899. The number of halogens is 1. The number of anilines is 1. The number of hydrogen-bond donors (Lipinski definition) is 1. The van der Waals surface area contributed by atoms with Crippen molar-refractivity contribution in [2.45, 2.75) is 46.1 Å². The van der Waals surface area contributed by atoms with E-state index < -0.39 is 11.9 Å². The highest BCUT2D eigenvalue weighted by molar-refractivity contribution is 6.34. The molecule has 2 aromatic carbocycles. The fourth-order valence-corrected chi connectivity index (χ4v) is 4.27. The number of rotatable bonds is 5. The van der Waals surface area contributed by atoms with Crippen LogP contribution in [-0.2, 0) is 4.74 Å². The van der Waals surface area contributed by atoms with Crippen molar-refractivity contribution < 1.29 is 19.5 Å². The van der Waals surface area contributed by atoms with Crippen molar-refractivity contribution in [3.63, 3.8) is 0 Å². The number of hydroxylamine groups is 1. The average Bonchev–Trinajstić information content (AvgIpc) is 2.73. The lowest BCUT2D eigenvalue weighted by atomic mass is 9.75. The summed E-state index contributed by atoms with van der Waals surface area (Å²) in [7, 11) is 0. The summed E-state index contributed by atoms with van der Waals surface area (Å²) < 4.78 is 5.87. The number of nitrogens with zero attached hydrogens (tertiary/aromatic N) is 1. The van der Waals surface area contributed by atoms with Crippen LogP contribution in [0.25, 0.3) is 0 Å². The standard InChI is InChI=1S/C24H28ClNO4/c1-15(2)19-11-9-16(3)13-22(19)30-24(28)18-10-12-20(25)21(14-18)26(29)23(27)17-7-5-4-6-8-17/h4-8,10,12,14-16,19,22,29H,9,11,13H2,1-3H3/t16-,19+,22-/m1/s1. The molecule has 0 aliphatic heterocycles. The molecule has 1 amide bonds. The van der Waals surface area contributed by atoms with E-state index in [1.807, 2.05) is 0 Å². The van der Waals surface area contributed by atoms with Crippen LogP contribution in [0.4, 0.5) is 5.69 Å². The van der Waals surface area contributed by atoms with Crippen molar-refractivity contribution in [2.75, 3.05) is 5.06 Å². The Balaban J connectivity index is 1.80. The minimum absolute atomic E-state index is 0.0393. The van der Waals surface area contributed by atoms with Crippen LogP contribution in [0.1, 0.15) is 60.7 Å². The number of carbonyl (C=O) groups excluding carboxylic acids is 2. The summed E-state index contributed by atoms with van der Waals surface area (Å²) in [5.74, 6) is 0.149. The Morgan fingerprint density at radius 1 is 1.10 bits per heavy atom. The highest BCUT2D eigenvalue weighted by Crippen LogP contribution is 2.36. The van der Waals surface area contributed by atoms with Crippen LogP contribution in [-0.4, -0.2) is 23.2 Å². The number of ether oxygens (including phenoxy) is 1. The van der Waals surface area contributed by atoms with Crippen molar-refractivity contribution in [3.8, 4) is 0 Å². The topological polar surface area (TPSA) is 66.8 Å². The van der Waals surface area contributed by atoms with Gasteiger partial charge in [-0.05, 0) is 60.9 Å². The molecule has 3 atom stereocenters. The van der Waals surface area contributed by atoms with Crippen LogP contribution in [0.3, 0.4) is 0 Å². The van der Waals surface area contributed by atoms with Gasteiger partial charge in [-0.15, -0.1) is 0 Å². The van der Waals surface area contributed by atoms with Gasteiger partial charge >= 0.3 is 5.97 Å². The lowest BCUT2D eigenvalue weighted by Gasteiger charge is -2.36. The Morgan fingerprint density at radius 3 is 2.47 bits per heavy atom. The Labute approximate surface area is 182 Å². The van der Waals surface area contributed by atoms with Crippen molar-refractivity contribution in [1.29, 1.82) is 0 Å². The predicted molar refractivity (Wildman–Crippen MR) is 117 cm³/mol. The summed E-state index contributed by atoms with van der Waals surface area (Å²) in [5.41, 5.74) is 0.590. The molecule has 160 valence electrons. The minimum atomic E-state index is -0.635. The fraction of sp³-hybridized carbons (Fsp3) is 0.417. The lowest BCUT2D eigenvalue weighted by Crippen LogP contribution is -2.36. The van der Waals surface area contributed by atoms with Gasteiger partial charge in [0, 0.05) is 5.56 Å². The molecule has 1 fully saturated rings. The summed E-state index contributed by atoms with van der Waals surface area (Å²) in [4.78, 5) is 25.4. The van der Waals surface area contributed by atoms with Gasteiger partial charge in [0.05, 0.1) is 16.3 Å². The van der Waals surface area contributed by atoms with E-state index in [1.165, 1.54) is 12.1 Å². The molecule has 2 aromatic rings. The summed E-state index contributed by atoms with van der Waals surface area (Å²) in [5, 5.41) is 11.1. The fourth-order valence-electron chi connectivity index (χ4n) is 4.07. The van der Waals surface area contributed by atoms with Gasteiger partial charge < -0.3 is 4.74 Å². The number of carbonyl (C=O) groups is 2. The van der Waals surface area contributed by atoms with Gasteiger partial charge in [-0.25, -0.2) is 4.79 Å². The molecule has 5 nitrogen and oxygen atoms in total. The second kappa shape index (κ2) is 9.63. The molecule has 1 aliphatic carbocycles. The van der Waals surface area contributed by atoms with Crippen LogP contribution in [0.5, 0.6) is 0 Å². The molecule has 0 unspecified atom stereocenters. The summed E-state index contributed by atoms with van der Waals surface area (Å²) >= 11 is 6.20. The molecule has 0 saturated heterocycles. The lowest BCUT2D eigenvalue weighted by molar-refractivity contribution is -0.0174. The molecule has 0 bridgehead atoms. The van der Waals surface area contributed by atoms with Gasteiger partial charge in [0.25, 0.3) is 5.91 Å². The Hall–Kier alpha value is -2.37. The maximum Gasteiger partial charge on any atom is 0.338 e. The van der Waals surface area contributed by atoms with Crippen LogP contribution < -0.4 is 5.06 Å². The SMILES string of the molecule is CC(C)[C@@H]1CC[C@@H](C)C[C@H]1OC(=O)c1ccc(Cl)c(N(O)C(=O)c2ccccc2)c1. The zero-order chi connectivity index (χ0) is 21.8. The second-order valence-electron chi connectivity index (χ2n) is 8.42. The maximum atomic E-state index is 12.9. The smallest absolute Gasteiger partial charge is 0.338 e. The van der Waals surface area contributed by atoms with E-state index in [0.29, 0.717) is 28.4 Å². The average molecular weight is 430 g/mol. The molecular weight excluding hydrogens is 402 g/mol. The second-order valence-corrected chi connectivity index (χ2v) is 8.83. The zero-order valence-corrected chi connectivity index (χ0v) is 18.3. The van der Waals surface area contributed by atoms with Crippen molar-refractivity contribution >= 4 is 29.2 Å². The van der Waals surface area contributed by atoms with Crippen LogP contribution in [0, 0.1) is 17.8 Å². The van der Waals surface area contributed by atoms with E-state index in [-0.39, 0.29) is 22.4 Å². The van der Waals surface area contributed by atoms with E-state index >= 15 is 0 Å². The van der Waals surface area contributed by atoms with E-state index in [4.69, 9.17) is 16.3 Å². The molecule has 1 aliphatic rings. The largest absolute Gasteiger partial charge is 0.458 e. The summed E-state index contributed by atoms with van der Waals surface area (Å²) in [6, 6.07) is 12.8. The minimum Gasteiger partial charge on any atom is -0.458 e. The Morgan fingerprint density at radius 2 is 1.80 bits per heavy atom. The van der Waals surface area contributed by atoms with E-state index in [2.05, 4.69) is 20.8 Å². The number of amides is 1. The number of esters is 1. The third-order valence-corrected chi connectivity index (χ3v) is 6.16. The van der Waals surface area contributed by atoms with E-state index in [0.717, 1.165) is 19.3 Å². The van der Waals surface area contributed by atoms with E-state index in [9.17, 15) is 14.8 Å².